The minimum Gasteiger partial charge on any atom is -0.425 e. The number of aromatic nitrogens is 2. The Morgan fingerprint density at radius 1 is 1.47 bits per heavy atom. The molecule has 0 unspecified atom stereocenters. The van der Waals surface area contributed by atoms with E-state index in [4.69, 9.17) is 10.5 Å². The van der Waals surface area contributed by atoms with Crippen molar-refractivity contribution in [1.82, 2.24) is 9.55 Å². The lowest BCUT2D eigenvalue weighted by Crippen LogP contribution is -1.95. The highest BCUT2D eigenvalue weighted by atomic mass is 19.1. The van der Waals surface area contributed by atoms with E-state index in [0.29, 0.717) is 11.8 Å². The van der Waals surface area contributed by atoms with Crippen LogP contribution in [0, 0.1) is 5.82 Å². The second-order valence-corrected chi connectivity index (χ2v) is 3.11. The lowest BCUT2D eigenvalue weighted by molar-refractivity contribution is 0.422. The fraction of sp³-hybridized carbons (Fsp3) is 0.100. The number of ether oxygens (including phenoxy) is 1. The number of hydrogen-bond acceptors (Lipinski definition) is 3. The van der Waals surface area contributed by atoms with Crippen molar-refractivity contribution in [1.29, 1.82) is 0 Å². The van der Waals surface area contributed by atoms with Crippen LogP contribution in [-0.4, -0.2) is 9.55 Å². The lowest BCUT2D eigenvalue weighted by atomic mass is 10.3. The smallest absolute Gasteiger partial charge is 0.301 e. The van der Waals surface area contributed by atoms with E-state index in [9.17, 15) is 4.39 Å². The number of rotatable bonds is 2. The van der Waals surface area contributed by atoms with Gasteiger partial charge in [-0.2, -0.15) is 0 Å². The van der Waals surface area contributed by atoms with Crippen molar-refractivity contribution in [2.75, 3.05) is 5.73 Å². The monoisotopic (exact) mass is 207 g/mol. The third kappa shape index (κ3) is 1.90. The van der Waals surface area contributed by atoms with Crippen LogP contribution in [0.4, 0.5) is 10.1 Å². The van der Waals surface area contributed by atoms with Crippen molar-refractivity contribution in [3.8, 4) is 11.8 Å². The predicted octanol–water partition coefficient (Wildman–Crippen LogP) is 1.93. The standard InChI is InChI=1S/C10H10FN3O/c1-14-5-4-13-10(14)15-7-2-3-9(12)8(11)6-7/h2-6H,12H2,1H3. The summed E-state index contributed by atoms with van der Waals surface area (Å²) in [6.45, 7) is 0. The van der Waals surface area contributed by atoms with Gasteiger partial charge in [0.15, 0.2) is 0 Å². The zero-order valence-electron chi connectivity index (χ0n) is 8.14. The lowest BCUT2D eigenvalue weighted by Gasteiger charge is -2.05. The van der Waals surface area contributed by atoms with Crippen molar-refractivity contribution in [2.24, 2.45) is 7.05 Å². The molecule has 0 spiro atoms. The van der Waals surface area contributed by atoms with E-state index < -0.39 is 5.82 Å². The van der Waals surface area contributed by atoms with E-state index in [1.165, 1.54) is 12.1 Å². The van der Waals surface area contributed by atoms with Gasteiger partial charge in [-0.15, -0.1) is 0 Å². The molecule has 1 heterocycles. The quantitative estimate of drug-likeness (QED) is 0.765. The van der Waals surface area contributed by atoms with Crippen LogP contribution >= 0.6 is 0 Å². The van der Waals surface area contributed by atoms with Gasteiger partial charge in [-0.25, -0.2) is 9.37 Å². The Morgan fingerprint density at radius 3 is 2.87 bits per heavy atom. The summed E-state index contributed by atoms with van der Waals surface area (Å²) in [7, 11) is 1.79. The molecule has 0 bridgehead atoms. The molecule has 0 amide bonds. The van der Waals surface area contributed by atoms with Gasteiger partial charge in [-0.05, 0) is 12.1 Å². The second kappa shape index (κ2) is 3.61. The molecular formula is C10H10FN3O. The van der Waals surface area contributed by atoms with Crippen molar-refractivity contribution in [2.45, 2.75) is 0 Å². The molecule has 4 nitrogen and oxygen atoms in total. The molecule has 0 saturated heterocycles. The van der Waals surface area contributed by atoms with Crippen molar-refractivity contribution >= 4 is 5.69 Å². The minimum atomic E-state index is -0.498. The van der Waals surface area contributed by atoms with E-state index in [-0.39, 0.29) is 5.69 Å². The van der Waals surface area contributed by atoms with Gasteiger partial charge >= 0.3 is 6.01 Å². The Bertz CT molecular complexity index is 481. The highest BCUT2D eigenvalue weighted by Crippen LogP contribution is 2.22. The fourth-order valence-electron chi connectivity index (χ4n) is 1.13. The molecule has 2 rings (SSSR count). The van der Waals surface area contributed by atoms with Gasteiger partial charge in [-0.1, -0.05) is 0 Å². The van der Waals surface area contributed by atoms with Gasteiger partial charge in [0.2, 0.25) is 0 Å². The van der Waals surface area contributed by atoms with Crippen LogP contribution in [0.25, 0.3) is 0 Å². The number of hydrogen-bond donors (Lipinski definition) is 1. The summed E-state index contributed by atoms with van der Waals surface area (Å²) in [6.07, 6.45) is 3.34. The minimum absolute atomic E-state index is 0.0993. The summed E-state index contributed by atoms with van der Waals surface area (Å²) < 4.78 is 20.1. The molecule has 0 saturated carbocycles. The van der Waals surface area contributed by atoms with Gasteiger partial charge in [0, 0.05) is 25.5 Å². The average Bonchev–Trinajstić information content (AvgIpc) is 2.59. The third-order valence-corrected chi connectivity index (χ3v) is 1.96. The molecule has 0 radical (unpaired) electrons. The molecule has 0 atom stereocenters. The van der Waals surface area contributed by atoms with Gasteiger partial charge in [0.25, 0.3) is 0 Å². The molecule has 0 aliphatic heterocycles. The molecule has 1 aromatic heterocycles. The van der Waals surface area contributed by atoms with Crippen molar-refractivity contribution in [3.05, 3.63) is 36.4 Å². The zero-order chi connectivity index (χ0) is 10.8. The summed E-state index contributed by atoms with van der Waals surface area (Å²) in [5, 5.41) is 0. The number of benzene rings is 1. The topological polar surface area (TPSA) is 53.1 Å². The van der Waals surface area contributed by atoms with E-state index in [2.05, 4.69) is 4.98 Å². The SMILES string of the molecule is Cn1ccnc1Oc1ccc(N)c(F)c1. The molecule has 2 aromatic rings. The summed E-state index contributed by atoms with van der Waals surface area (Å²) >= 11 is 0. The molecule has 15 heavy (non-hydrogen) atoms. The van der Waals surface area contributed by atoms with Gasteiger partial charge in [0.05, 0.1) is 5.69 Å². The van der Waals surface area contributed by atoms with Crippen LogP contribution in [-0.2, 0) is 7.05 Å². The predicted molar refractivity (Wildman–Crippen MR) is 54.1 cm³/mol. The molecule has 2 N–H and O–H groups in total. The molecule has 0 fully saturated rings. The maximum absolute atomic E-state index is 13.1. The fourth-order valence-corrected chi connectivity index (χ4v) is 1.13. The Balaban J connectivity index is 2.25. The number of imidazole rings is 1. The van der Waals surface area contributed by atoms with Gasteiger partial charge in [0.1, 0.15) is 11.6 Å². The van der Waals surface area contributed by atoms with Crippen molar-refractivity contribution in [3.63, 3.8) is 0 Å². The summed E-state index contributed by atoms with van der Waals surface area (Å²) in [5.74, 6) is -0.127. The maximum atomic E-state index is 13.1. The number of nitrogens with zero attached hydrogens (tertiary/aromatic N) is 2. The molecule has 0 aliphatic carbocycles. The van der Waals surface area contributed by atoms with E-state index in [1.54, 1.807) is 30.1 Å². The number of halogens is 1. The maximum Gasteiger partial charge on any atom is 0.301 e. The van der Waals surface area contributed by atoms with Crippen LogP contribution < -0.4 is 10.5 Å². The number of anilines is 1. The first-order valence-corrected chi connectivity index (χ1v) is 4.37. The highest BCUT2D eigenvalue weighted by molar-refractivity contribution is 5.44. The molecule has 5 heteroatoms. The van der Waals surface area contributed by atoms with E-state index in [1.807, 2.05) is 0 Å². The number of nitrogen functional groups attached to an aromatic ring is 1. The van der Waals surface area contributed by atoms with Crippen LogP contribution in [0.3, 0.4) is 0 Å². The zero-order valence-corrected chi connectivity index (χ0v) is 8.14. The van der Waals surface area contributed by atoms with Crippen molar-refractivity contribution < 1.29 is 9.13 Å². The van der Waals surface area contributed by atoms with Gasteiger partial charge < -0.3 is 15.0 Å². The first-order valence-electron chi connectivity index (χ1n) is 4.37. The Hall–Kier alpha value is -2.04. The molecular weight excluding hydrogens is 197 g/mol. The first-order chi connectivity index (χ1) is 7.16. The average molecular weight is 207 g/mol. The van der Waals surface area contributed by atoms with Crippen LogP contribution in [0.2, 0.25) is 0 Å². The second-order valence-electron chi connectivity index (χ2n) is 3.11. The normalized spacial score (nSPS) is 10.3. The molecule has 0 aliphatic rings. The third-order valence-electron chi connectivity index (χ3n) is 1.96. The summed E-state index contributed by atoms with van der Waals surface area (Å²) in [4.78, 5) is 3.95. The van der Waals surface area contributed by atoms with Gasteiger partial charge in [-0.3, -0.25) is 0 Å². The Labute approximate surface area is 86.1 Å². The number of aryl methyl sites for hydroxylation is 1. The summed E-state index contributed by atoms with van der Waals surface area (Å²) in [6, 6.07) is 4.67. The highest BCUT2D eigenvalue weighted by Gasteiger charge is 2.04. The first kappa shape index (κ1) is 9.51. The van der Waals surface area contributed by atoms with Crippen LogP contribution in [0.1, 0.15) is 0 Å². The Morgan fingerprint density at radius 2 is 2.27 bits per heavy atom. The molecule has 78 valence electrons. The summed E-state index contributed by atoms with van der Waals surface area (Å²) in [5.41, 5.74) is 5.44. The number of nitrogens with two attached hydrogens (primary N) is 1. The van der Waals surface area contributed by atoms with Crippen LogP contribution in [0.15, 0.2) is 30.6 Å². The Kier molecular flexibility index (Phi) is 2.29. The van der Waals surface area contributed by atoms with E-state index >= 15 is 0 Å². The van der Waals surface area contributed by atoms with E-state index in [0.717, 1.165) is 0 Å². The largest absolute Gasteiger partial charge is 0.425 e. The van der Waals surface area contributed by atoms with Crippen LogP contribution in [0.5, 0.6) is 11.8 Å². The molecule has 1 aromatic carbocycles.